The summed E-state index contributed by atoms with van der Waals surface area (Å²) in [4.78, 5) is 3.15. The number of aromatic hydroxyl groups is 1. The SMILES string of the molecule is COc1cccc(C[NH+]2CC[NH+](Cc3cc(OC)c(O)c(OC)c3)CC2)c1. The number of nitrogens with one attached hydrogen (secondary N) is 2. The Labute approximate surface area is 160 Å². The molecule has 146 valence electrons. The van der Waals surface area contributed by atoms with E-state index in [1.54, 1.807) is 31.1 Å². The Morgan fingerprint density at radius 2 is 1.33 bits per heavy atom. The molecule has 0 aliphatic carbocycles. The van der Waals surface area contributed by atoms with Gasteiger partial charge in [-0.3, -0.25) is 0 Å². The van der Waals surface area contributed by atoms with Crippen molar-refractivity contribution in [3.63, 3.8) is 0 Å². The van der Waals surface area contributed by atoms with Gasteiger partial charge in [-0.25, -0.2) is 0 Å². The van der Waals surface area contributed by atoms with Gasteiger partial charge in [0, 0.05) is 11.1 Å². The summed E-state index contributed by atoms with van der Waals surface area (Å²) in [5.41, 5.74) is 2.44. The number of phenols is 1. The predicted molar refractivity (Wildman–Crippen MR) is 103 cm³/mol. The number of hydrogen-bond acceptors (Lipinski definition) is 4. The number of piperazine rings is 1. The summed E-state index contributed by atoms with van der Waals surface area (Å²) >= 11 is 0. The molecule has 1 aliphatic rings. The average Bonchev–Trinajstić information content (AvgIpc) is 2.70. The summed E-state index contributed by atoms with van der Waals surface area (Å²) < 4.78 is 15.9. The predicted octanol–water partition coefficient (Wildman–Crippen LogP) is -0.0984. The molecular weight excluding hydrogens is 344 g/mol. The summed E-state index contributed by atoms with van der Waals surface area (Å²) in [5, 5.41) is 10.1. The molecule has 6 nitrogen and oxygen atoms in total. The van der Waals surface area contributed by atoms with Crippen molar-refractivity contribution in [2.24, 2.45) is 0 Å². The van der Waals surface area contributed by atoms with E-state index in [1.165, 1.54) is 5.56 Å². The fraction of sp³-hybridized carbons (Fsp3) is 0.429. The van der Waals surface area contributed by atoms with Gasteiger partial charge in [-0.2, -0.15) is 0 Å². The smallest absolute Gasteiger partial charge is 0.200 e. The van der Waals surface area contributed by atoms with E-state index >= 15 is 0 Å². The van der Waals surface area contributed by atoms with Crippen molar-refractivity contribution in [1.82, 2.24) is 0 Å². The minimum Gasteiger partial charge on any atom is -0.502 e. The lowest BCUT2D eigenvalue weighted by molar-refractivity contribution is -1.02. The van der Waals surface area contributed by atoms with E-state index in [0.717, 1.165) is 50.6 Å². The fourth-order valence-corrected chi connectivity index (χ4v) is 3.72. The van der Waals surface area contributed by atoms with Gasteiger partial charge >= 0.3 is 0 Å². The maximum Gasteiger partial charge on any atom is 0.200 e. The number of methoxy groups -OCH3 is 3. The summed E-state index contributed by atoms with van der Waals surface area (Å²) in [6.07, 6.45) is 0. The number of benzene rings is 2. The highest BCUT2D eigenvalue weighted by atomic mass is 16.5. The van der Waals surface area contributed by atoms with Crippen LogP contribution in [0.15, 0.2) is 36.4 Å². The largest absolute Gasteiger partial charge is 0.502 e. The molecule has 0 radical (unpaired) electrons. The minimum atomic E-state index is 0.0614. The molecule has 3 N–H and O–H groups in total. The molecule has 1 saturated heterocycles. The van der Waals surface area contributed by atoms with E-state index in [9.17, 15) is 5.11 Å². The van der Waals surface area contributed by atoms with E-state index < -0.39 is 0 Å². The van der Waals surface area contributed by atoms with E-state index in [-0.39, 0.29) is 5.75 Å². The Hall–Kier alpha value is -2.44. The molecule has 1 fully saturated rings. The van der Waals surface area contributed by atoms with Gasteiger partial charge in [-0.15, -0.1) is 0 Å². The molecule has 0 saturated carbocycles. The van der Waals surface area contributed by atoms with Gasteiger partial charge < -0.3 is 29.1 Å². The van der Waals surface area contributed by atoms with Crippen LogP contribution in [0.3, 0.4) is 0 Å². The third kappa shape index (κ3) is 4.84. The summed E-state index contributed by atoms with van der Waals surface area (Å²) in [5.74, 6) is 1.91. The van der Waals surface area contributed by atoms with Crippen LogP contribution < -0.4 is 24.0 Å². The lowest BCUT2D eigenvalue weighted by atomic mass is 10.1. The Kier molecular flexibility index (Phi) is 6.42. The normalized spacial score (nSPS) is 19.5. The second-order valence-electron chi connectivity index (χ2n) is 7.05. The minimum absolute atomic E-state index is 0.0614. The zero-order valence-electron chi connectivity index (χ0n) is 16.4. The third-order valence-corrected chi connectivity index (χ3v) is 5.25. The van der Waals surface area contributed by atoms with Crippen LogP contribution in [0.5, 0.6) is 23.0 Å². The van der Waals surface area contributed by atoms with Crippen LogP contribution in [0.25, 0.3) is 0 Å². The number of ether oxygens (including phenoxy) is 3. The first kappa shape index (κ1) is 19.3. The first-order valence-electron chi connectivity index (χ1n) is 9.37. The standard InChI is InChI=1S/C21H28N2O4/c1-25-18-6-4-5-16(11-18)14-22-7-9-23(10-8-22)15-17-12-19(26-2)21(24)20(13-17)27-3/h4-6,11-13,24H,7-10,14-15H2,1-3H3/p+2. The van der Waals surface area contributed by atoms with Crippen LogP contribution in [0.1, 0.15) is 11.1 Å². The molecule has 27 heavy (non-hydrogen) atoms. The highest BCUT2D eigenvalue weighted by molar-refractivity contribution is 5.52. The van der Waals surface area contributed by atoms with Crippen LogP contribution in [0.4, 0.5) is 0 Å². The van der Waals surface area contributed by atoms with Crippen LogP contribution >= 0.6 is 0 Å². The van der Waals surface area contributed by atoms with E-state index in [2.05, 4.69) is 18.2 Å². The van der Waals surface area contributed by atoms with Crippen LogP contribution in [-0.2, 0) is 13.1 Å². The van der Waals surface area contributed by atoms with Crippen molar-refractivity contribution < 1.29 is 29.1 Å². The lowest BCUT2D eigenvalue weighted by Gasteiger charge is -2.30. The Bertz CT molecular complexity index is 733. The van der Waals surface area contributed by atoms with Crippen molar-refractivity contribution in [3.05, 3.63) is 47.5 Å². The van der Waals surface area contributed by atoms with Crippen molar-refractivity contribution >= 4 is 0 Å². The maximum atomic E-state index is 10.1. The molecule has 0 unspecified atom stereocenters. The number of hydrogen-bond donors (Lipinski definition) is 3. The molecule has 0 bridgehead atoms. The monoisotopic (exact) mass is 374 g/mol. The summed E-state index contributed by atoms with van der Waals surface area (Å²) in [6, 6.07) is 12.1. The van der Waals surface area contributed by atoms with Crippen molar-refractivity contribution in [2.75, 3.05) is 47.5 Å². The van der Waals surface area contributed by atoms with Crippen LogP contribution in [0, 0.1) is 0 Å². The van der Waals surface area contributed by atoms with Gasteiger partial charge in [0.05, 0.1) is 21.3 Å². The number of phenolic OH excluding ortho intramolecular Hbond substituents is 1. The lowest BCUT2D eigenvalue weighted by Crippen LogP contribution is -3.27. The van der Waals surface area contributed by atoms with Gasteiger partial charge in [0.25, 0.3) is 0 Å². The quantitative estimate of drug-likeness (QED) is 0.634. The zero-order valence-corrected chi connectivity index (χ0v) is 16.4. The van der Waals surface area contributed by atoms with E-state index in [4.69, 9.17) is 14.2 Å². The van der Waals surface area contributed by atoms with Crippen molar-refractivity contribution in [3.8, 4) is 23.0 Å². The second kappa shape index (κ2) is 8.97. The molecule has 2 aromatic carbocycles. The summed E-state index contributed by atoms with van der Waals surface area (Å²) in [6.45, 7) is 6.44. The molecule has 6 heteroatoms. The van der Waals surface area contributed by atoms with E-state index in [0.29, 0.717) is 11.5 Å². The molecule has 0 atom stereocenters. The van der Waals surface area contributed by atoms with Crippen LogP contribution in [-0.4, -0.2) is 52.6 Å². The van der Waals surface area contributed by atoms with Gasteiger partial charge in [0.15, 0.2) is 11.5 Å². The first-order chi connectivity index (χ1) is 13.1. The molecule has 0 spiro atoms. The van der Waals surface area contributed by atoms with Gasteiger partial charge in [0.2, 0.25) is 5.75 Å². The zero-order chi connectivity index (χ0) is 19.2. The van der Waals surface area contributed by atoms with E-state index in [1.807, 2.05) is 18.2 Å². The third-order valence-electron chi connectivity index (χ3n) is 5.25. The maximum absolute atomic E-state index is 10.1. The molecule has 3 rings (SSSR count). The molecule has 0 aromatic heterocycles. The average molecular weight is 374 g/mol. The Morgan fingerprint density at radius 3 is 1.85 bits per heavy atom. The first-order valence-corrected chi connectivity index (χ1v) is 9.37. The molecule has 2 aromatic rings. The Morgan fingerprint density at radius 1 is 0.778 bits per heavy atom. The molecule has 1 aliphatic heterocycles. The number of quaternary nitrogens is 2. The van der Waals surface area contributed by atoms with Crippen molar-refractivity contribution in [1.29, 1.82) is 0 Å². The second-order valence-corrected chi connectivity index (χ2v) is 7.05. The van der Waals surface area contributed by atoms with Gasteiger partial charge in [-0.1, -0.05) is 12.1 Å². The fourth-order valence-electron chi connectivity index (χ4n) is 3.72. The molecule has 1 heterocycles. The highest BCUT2D eigenvalue weighted by Crippen LogP contribution is 2.36. The van der Waals surface area contributed by atoms with Gasteiger partial charge in [0.1, 0.15) is 45.0 Å². The van der Waals surface area contributed by atoms with Crippen molar-refractivity contribution in [2.45, 2.75) is 13.1 Å². The topological polar surface area (TPSA) is 56.8 Å². The highest BCUT2D eigenvalue weighted by Gasteiger charge is 2.24. The number of rotatable bonds is 7. The summed E-state index contributed by atoms with van der Waals surface area (Å²) in [7, 11) is 4.83. The molecule has 0 amide bonds. The van der Waals surface area contributed by atoms with Crippen LogP contribution in [0.2, 0.25) is 0 Å². The molecular formula is C21H30N2O4+2. The Balaban J connectivity index is 1.56. The van der Waals surface area contributed by atoms with Gasteiger partial charge in [-0.05, 0) is 24.3 Å².